The van der Waals surface area contributed by atoms with Crippen LogP contribution < -0.4 is 0 Å². The second-order valence-corrected chi connectivity index (χ2v) is 4.65. The molecule has 0 saturated heterocycles. The fraction of sp³-hybridized carbons (Fsp3) is 0.600. The van der Waals surface area contributed by atoms with Crippen LogP contribution in [0.3, 0.4) is 0 Å². The molecule has 1 aromatic carbocycles. The van der Waals surface area contributed by atoms with Crippen LogP contribution in [0, 0.1) is 5.92 Å². The van der Waals surface area contributed by atoms with Crippen LogP contribution in [0.5, 0.6) is 0 Å². The molecule has 0 fully saturated rings. The molecule has 0 heterocycles. The second-order valence-electron chi connectivity index (χ2n) is 4.25. The minimum Gasteiger partial charge on any atom is -0.0840 e. The van der Waals surface area contributed by atoms with Gasteiger partial charge in [0.2, 0.25) is 0 Å². The van der Waals surface area contributed by atoms with E-state index in [2.05, 4.69) is 27.7 Å². The topological polar surface area (TPSA) is 0 Å². The van der Waals surface area contributed by atoms with Crippen LogP contribution in [-0.2, 0) is 6.42 Å². The molecule has 0 bridgehead atoms. The van der Waals surface area contributed by atoms with E-state index in [0.717, 1.165) is 17.4 Å². The zero-order chi connectivity index (χ0) is 12.4. The van der Waals surface area contributed by atoms with Crippen LogP contribution >= 0.6 is 11.6 Å². The van der Waals surface area contributed by atoms with Crippen molar-refractivity contribution in [3.8, 4) is 0 Å². The maximum Gasteiger partial charge on any atom is 0.0437 e. The van der Waals surface area contributed by atoms with Gasteiger partial charge in [-0.2, -0.15) is 0 Å². The van der Waals surface area contributed by atoms with Gasteiger partial charge < -0.3 is 0 Å². The standard InChI is InChI=1S/C8H9Cl.C7H16/c1-2-7-5-3-4-6-8(7)9;1-4-6-7(3)5-2/h3-6H,2H2,1H3;7H,4-6H2,1-3H3/t;7-/m.0/s1. The highest BCUT2D eigenvalue weighted by Gasteiger charge is 1.93. The van der Waals surface area contributed by atoms with Gasteiger partial charge in [-0.1, -0.05) is 76.8 Å². The van der Waals surface area contributed by atoms with E-state index >= 15 is 0 Å². The summed E-state index contributed by atoms with van der Waals surface area (Å²) >= 11 is 5.82. The molecular weight excluding hydrogens is 216 g/mol. The maximum atomic E-state index is 5.82. The Morgan fingerprint density at radius 2 is 1.75 bits per heavy atom. The van der Waals surface area contributed by atoms with Crippen molar-refractivity contribution in [1.82, 2.24) is 0 Å². The van der Waals surface area contributed by atoms with Gasteiger partial charge in [-0.3, -0.25) is 0 Å². The average molecular weight is 241 g/mol. The predicted octanol–water partition coefficient (Wildman–Crippen LogP) is 5.74. The summed E-state index contributed by atoms with van der Waals surface area (Å²) in [6, 6.07) is 7.91. The maximum absolute atomic E-state index is 5.82. The highest BCUT2D eigenvalue weighted by atomic mass is 35.5. The third-order valence-corrected chi connectivity index (χ3v) is 3.19. The van der Waals surface area contributed by atoms with Crippen LogP contribution in [-0.4, -0.2) is 0 Å². The minimum absolute atomic E-state index is 0.875. The first kappa shape index (κ1) is 15.5. The third kappa shape index (κ3) is 6.90. The van der Waals surface area contributed by atoms with Gasteiger partial charge in [0.1, 0.15) is 0 Å². The second kappa shape index (κ2) is 9.72. The number of halogens is 1. The first-order valence-electron chi connectivity index (χ1n) is 6.39. The molecule has 0 radical (unpaired) electrons. The van der Waals surface area contributed by atoms with Crippen molar-refractivity contribution in [3.05, 3.63) is 34.9 Å². The van der Waals surface area contributed by atoms with Crippen molar-refractivity contribution >= 4 is 11.6 Å². The first-order valence-corrected chi connectivity index (χ1v) is 6.76. The van der Waals surface area contributed by atoms with Crippen molar-refractivity contribution in [2.45, 2.75) is 53.4 Å². The Bertz CT molecular complexity index is 268. The SMILES string of the molecule is CCC[C@@H](C)CC.CCc1ccccc1Cl. The molecular formula is C15H25Cl. The van der Waals surface area contributed by atoms with Crippen molar-refractivity contribution < 1.29 is 0 Å². The number of hydrogen-bond acceptors (Lipinski definition) is 0. The summed E-state index contributed by atoms with van der Waals surface area (Å²) in [6.45, 7) is 8.90. The summed E-state index contributed by atoms with van der Waals surface area (Å²) in [5, 5.41) is 0.875. The van der Waals surface area contributed by atoms with E-state index in [0.29, 0.717) is 0 Å². The Hall–Kier alpha value is -0.490. The van der Waals surface area contributed by atoms with Gasteiger partial charge in [-0.15, -0.1) is 0 Å². The Morgan fingerprint density at radius 3 is 2.06 bits per heavy atom. The molecule has 0 amide bonds. The van der Waals surface area contributed by atoms with Crippen molar-refractivity contribution in [3.63, 3.8) is 0 Å². The molecule has 0 nitrogen and oxygen atoms in total. The number of aryl methyl sites for hydroxylation is 1. The fourth-order valence-corrected chi connectivity index (χ4v) is 1.75. The van der Waals surface area contributed by atoms with Gasteiger partial charge in [0, 0.05) is 5.02 Å². The highest BCUT2D eigenvalue weighted by Crippen LogP contribution is 2.14. The van der Waals surface area contributed by atoms with Crippen LogP contribution in [0.1, 0.15) is 52.5 Å². The molecule has 92 valence electrons. The molecule has 0 aliphatic rings. The van der Waals surface area contributed by atoms with Crippen molar-refractivity contribution in [1.29, 1.82) is 0 Å². The highest BCUT2D eigenvalue weighted by molar-refractivity contribution is 6.31. The van der Waals surface area contributed by atoms with E-state index < -0.39 is 0 Å². The average Bonchev–Trinajstić information content (AvgIpc) is 2.31. The summed E-state index contributed by atoms with van der Waals surface area (Å²) in [7, 11) is 0. The summed E-state index contributed by atoms with van der Waals surface area (Å²) < 4.78 is 0. The van der Waals surface area contributed by atoms with Crippen LogP contribution in [0.25, 0.3) is 0 Å². The van der Waals surface area contributed by atoms with Gasteiger partial charge in [-0.25, -0.2) is 0 Å². The number of hydrogen-bond donors (Lipinski definition) is 0. The molecule has 0 N–H and O–H groups in total. The zero-order valence-corrected chi connectivity index (χ0v) is 11.8. The Morgan fingerprint density at radius 1 is 1.12 bits per heavy atom. The Balaban J connectivity index is 0.000000293. The van der Waals surface area contributed by atoms with E-state index in [1.807, 2.05) is 24.3 Å². The third-order valence-electron chi connectivity index (χ3n) is 2.82. The van der Waals surface area contributed by atoms with Crippen molar-refractivity contribution in [2.24, 2.45) is 5.92 Å². The summed E-state index contributed by atoms with van der Waals surface area (Å²) in [4.78, 5) is 0. The van der Waals surface area contributed by atoms with E-state index in [4.69, 9.17) is 11.6 Å². The van der Waals surface area contributed by atoms with E-state index in [1.165, 1.54) is 24.8 Å². The molecule has 0 unspecified atom stereocenters. The van der Waals surface area contributed by atoms with E-state index in [9.17, 15) is 0 Å². The predicted molar refractivity (Wildman–Crippen MR) is 75.2 cm³/mol. The van der Waals surface area contributed by atoms with Gasteiger partial charge >= 0.3 is 0 Å². The van der Waals surface area contributed by atoms with Crippen LogP contribution in [0.15, 0.2) is 24.3 Å². The monoisotopic (exact) mass is 240 g/mol. The molecule has 0 aromatic heterocycles. The molecule has 0 saturated carbocycles. The molecule has 1 heteroatoms. The number of rotatable bonds is 4. The molecule has 0 spiro atoms. The van der Waals surface area contributed by atoms with Crippen LogP contribution in [0.4, 0.5) is 0 Å². The summed E-state index contributed by atoms with van der Waals surface area (Å²) in [5.74, 6) is 0.949. The molecule has 1 aromatic rings. The molecule has 1 rings (SSSR count). The Labute approximate surface area is 106 Å². The molecule has 1 atom stereocenters. The molecule has 0 aliphatic heterocycles. The number of benzene rings is 1. The fourth-order valence-electron chi connectivity index (χ4n) is 1.48. The van der Waals surface area contributed by atoms with Crippen molar-refractivity contribution in [2.75, 3.05) is 0 Å². The minimum atomic E-state index is 0.875. The normalized spacial score (nSPS) is 11.6. The van der Waals surface area contributed by atoms with Gasteiger partial charge in [-0.05, 0) is 24.0 Å². The van der Waals surface area contributed by atoms with E-state index in [-0.39, 0.29) is 0 Å². The first-order chi connectivity index (χ1) is 7.65. The quantitative estimate of drug-likeness (QED) is 0.630. The Kier molecular flexibility index (Phi) is 9.42. The van der Waals surface area contributed by atoms with Gasteiger partial charge in [0.25, 0.3) is 0 Å². The smallest absolute Gasteiger partial charge is 0.0437 e. The lowest BCUT2D eigenvalue weighted by molar-refractivity contribution is 0.509. The van der Waals surface area contributed by atoms with Gasteiger partial charge in [0.05, 0.1) is 0 Å². The lowest BCUT2D eigenvalue weighted by Crippen LogP contribution is -1.88. The summed E-state index contributed by atoms with van der Waals surface area (Å²) in [5.41, 5.74) is 1.22. The summed E-state index contributed by atoms with van der Waals surface area (Å²) in [6.07, 6.45) is 5.10. The van der Waals surface area contributed by atoms with Crippen LogP contribution in [0.2, 0.25) is 5.02 Å². The lowest BCUT2D eigenvalue weighted by Gasteiger charge is -2.02. The largest absolute Gasteiger partial charge is 0.0840 e. The molecule has 16 heavy (non-hydrogen) atoms. The molecule has 0 aliphatic carbocycles. The van der Waals surface area contributed by atoms with Gasteiger partial charge in [0.15, 0.2) is 0 Å². The van der Waals surface area contributed by atoms with E-state index in [1.54, 1.807) is 0 Å². The zero-order valence-electron chi connectivity index (χ0n) is 11.1. The lowest BCUT2D eigenvalue weighted by atomic mass is 10.0.